The Morgan fingerprint density at radius 1 is 1.17 bits per heavy atom. The van der Waals surface area contributed by atoms with Crippen LogP contribution in [-0.4, -0.2) is 48.9 Å². The van der Waals surface area contributed by atoms with E-state index in [4.69, 9.17) is 18.4 Å². The van der Waals surface area contributed by atoms with Crippen LogP contribution in [0, 0.1) is 5.82 Å². The van der Waals surface area contributed by atoms with Crippen LogP contribution >= 0.6 is 11.3 Å². The van der Waals surface area contributed by atoms with Crippen LogP contribution in [0.2, 0.25) is 0 Å². The van der Waals surface area contributed by atoms with Crippen LogP contribution in [0.1, 0.15) is 23.7 Å². The number of hydrogen-bond donors (Lipinski definition) is 0. The molecule has 0 radical (unpaired) electrons. The monoisotopic (exact) mass is 558 g/mol. The third-order valence-corrected chi connectivity index (χ3v) is 8.59. The Morgan fingerprint density at radius 2 is 1.94 bits per heavy atom. The zero-order chi connectivity index (χ0) is 26.1. The lowest BCUT2D eigenvalue weighted by Gasteiger charge is -2.27. The van der Waals surface area contributed by atoms with E-state index in [2.05, 4.69) is 4.98 Å². The molecular formula is C22H23FN2O8S3. The number of benzene rings is 2. The number of hydrogen-bond acceptors (Lipinski definition) is 10. The summed E-state index contributed by atoms with van der Waals surface area (Å²) in [6, 6.07) is 6.89. The van der Waals surface area contributed by atoms with E-state index in [0.717, 1.165) is 34.0 Å². The number of anilines is 1. The molecule has 0 saturated carbocycles. The van der Waals surface area contributed by atoms with Gasteiger partial charge in [-0.2, -0.15) is 8.42 Å². The molecule has 14 heteroatoms. The van der Waals surface area contributed by atoms with Gasteiger partial charge in [-0.15, -0.1) is 11.3 Å². The van der Waals surface area contributed by atoms with Crippen LogP contribution in [0.5, 0.6) is 17.2 Å². The van der Waals surface area contributed by atoms with Gasteiger partial charge < -0.3 is 14.2 Å². The van der Waals surface area contributed by atoms with Gasteiger partial charge in [0.1, 0.15) is 34.1 Å². The molecule has 1 aromatic heterocycles. The number of fused-ring (bicyclic) bond motifs is 1. The van der Waals surface area contributed by atoms with Gasteiger partial charge in [-0.1, -0.05) is 0 Å². The van der Waals surface area contributed by atoms with Gasteiger partial charge in [0.25, 0.3) is 20.1 Å². The molecule has 2 aromatic carbocycles. The number of rotatable bonds is 9. The summed E-state index contributed by atoms with van der Waals surface area (Å²) in [5.74, 6) is -0.162. The highest BCUT2D eigenvalue weighted by Crippen LogP contribution is 2.40. The zero-order valence-corrected chi connectivity index (χ0v) is 22.0. The Balaban J connectivity index is 1.78. The first-order valence-electron chi connectivity index (χ1n) is 10.5. The van der Waals surface area contributed by atoms with E-state index in [-0.39, 0.29) is 36.0 Å². The van der Waals surface area contributed by atoms with E-state index in [1.54, 1.807) is 23.6 Å². The molecular weight excluding hydrogens is 535 g/mol. The average Bonchev–Trinajstić information content (AvgIpc) is 3.36. The van der Waals surface area contributed by atoms with Crippen molar-refractivity contribution in [3.63, 3.8) is 0 Å². The first-order valence-corrected chi connectivity index (χ1v) is 14.6. The molecule has 0 spiro atoms. The van der Waals surface area contributed by atoms with Gasteiger partial charge in [-0.3, -0.25) is 4.18 Å². The van der Waals surface area contributed by atoms with Crippen LogP contribution in [-0.2, 0) is 30.9 Å². The quantitative estimate of drug-likeness (QED) is 0.363. The number of halogens is 1. The van der Waals surface area contributed by atoms with Gasteiger partial charge in [-0.25, -0.2) is 22.1 Å². The van der Waals surface area contributed by atoms with Crippen molar-refractivity contribution in [2.24, 2.45) is 0 Å². The molecule has 1 aliphatic rings. The fourth-order valence-electron chi connectivity index (χ4n) is 3.72. The molecule has 36 heavy (non-hydrogen) atoms. The standard InChI is InChI=1S/C22H23FN2O8S3/c1-30-15-5-4-14(19(10-15)31-2)13-25(22-24-7-9-34-22)36(28,29)21-12-20-16(11-17(21)23)18(6-8-32-20)33-35(3,26)27/h4-5,7,9-12,18H,6,8,13H2,1-3H3/t18-/m1/s1. The first kappa shape index (κ1) is 26.1. The summed E-state index contributed by atoms with van der Waals surface area (Å²) in [6.45, 7) is -0.141. The van der Waals surface area contributed by atoms with Crippen LogP contribution in [0.15, 0.2) is 46.8 Å². The Morgan fingerprint density at radius 3 is 2.58 bits per heavy atom. The highest BCUT2D eigenvalue weighted by atomic mass is 32.2. The number of thiazole rings is 1. The van der Waals surface area contributed by atoms with Crippen molar-refractivity contribution in [1.29, 1.82) is 0 Å². The first-order chi connectivity index (χ1) is 17.0. The third kappa shape index (κ3) is 5.40. The van der Waals surface area contributed by atoms with Crippen molar-refractivity contribution in [3.8, 4) is 17.2 Å². The summed E-state index contributed by atoms with van der Waals surface area (Å²) in [7, 11) is -5.40. The number of nitrogens with zero attached hydrogens (tertiary/aromatic N) is 2. The van der Waals surface area contributed by atoms with Crippen molar-refractivity contribution >= 4 is 36.6 Å². The van der Waals surface area contributed by atoms with E-state index < -0.39 is 37.0 Å². The van der Waals surface area contributed by atoms with Crippen molar-refractivity contribution in [3.05, 3.63) is 58.9 Å². The Labute approximate surface area is 212 Å². The number of aromatic nitrogens is 1. The minimum absolute atomic E-state index is 0.0241. The normalized spacial score (nSPS) is 15.6. The Bertz CT molecular complexity index is 1460. The molecule has 3 aromatic rings. The Kier molecular flexibility index (Phi) is 7.41. The maximum atomic E-state index is 15.3. The molecule has 0 N–H and O–H groups in total. The smallest absolute Gasteiger partial charge is 0.269 e. The van der Waals surface area contributed by atoms with E-state index in [1.807, 2.05) is 0 Å². The van der Waals surface area contributed by atoms with E-state index in [9.17, 15) is 16.8 Å². The lowest BCUT2D eigenvalue weighted by Crippen LogP contribution is -2.31. The highest BCUT2D eigenvalue weighted by Gasteiger charge is 2.34. The van der Waals surface area contributed by atoms with Crippen molar-refractivity contribution in [2.45, 2.75) is 24.0 Å². The lowest BCUT2D eigenvalue weighted by molar-refractivity contribution is 0.142. The fraction of sp³-hybridized carbons (Fsp3) is 0.318. The summed E-state index contributed by atoms with van der Waals surface area (Å²) in [6.07, 6.45) is 1.49. The summed E-state index contributed by atoms with van der Waals surface area (Å²) in [5.41, 5.74) is 0.606. The van der Waals surface area contributed by atoms with Crippen LogP contribution in [0.4, 0.5) is 9.52 Å². The molecule has 1 aliphatic heterocycles. The van der Waals surface area contributed by atoms with Gasteiger partial charge in [0, 0.05) is 41.3 Å². The zero-order valence-electron chi connectivity index (χ0n) is 19.5. The highest BCUT2D eigenvalue weighted by molar-refractivity contribution is 7.93. The molecule has 0 aliphatic carbocycles. The Hall–Kier alpha value is -2.94. The number of ether oxygens (including phenoxy) is 3. The van der Waals surface area contributed by atoms with Gasteiger partial charge in [0.15, 0.2) is 5.13 Å². The summed E-state index contributed by atoms with van der Waals surface area (Å²) in [5, 5.41) is 1.71. The molecule has 0 fully saturated rings. The van der Waals surface area contributed by atoms with Gasteiger partial charge in [0.05, 0.1) is 33.6 Å². The van der Waals surface area contributed by atoms with E-state index in [1.165, 1.54) is 20.4 Å². The molecule has 194 valence electrons. The second-order valence-electron chi connectivity index (χ2n) is 7.75. The van der Waals surface area contributed by atoms with Crippen molar-refractivity contribution in [1.82, 2.24) is 4.98 Å². The molecule has 0 saturated heterocycles. The van der Waals surface area contributed by atoms with Crippen LogP contribution in [0.3, 0.4) is 0 Å². The van der Waals surface area contributed by atoms with Crippen molar-refractivity contribution in [2.75, 3.05) is 31.4 Å². The predicted octanol–water partition coefficient (Wildman–Crippen LogP) is 3.49. The molecule has 0 amide bonds. The van der Waals surface area contributed by atoms with Gasteiger partial charge in [0.2, 0.25) is 0 Å². The molecule has 4 rings (SSSR count). The molecule has 2 heterocycles. The summed E-state index contributed by atoms with van der Waals surface area (Å²) >= 11 is 1.06. The minimum atomic E-state index is -4.50. The minimum Gasteiger partial charge on any atom is -0.497 e. The van der Waals surface area contributed by atoms with Gasteiger partial charge >= 0.3 is 0 Å². The number of methoxy groups -OCH3 is 2. The predicted molar refractivity (Wildman–Crippen MR) is 130 cm³/mol. The maximum absolute atomic E-state index is 15.3. The summed E-state index contributed by atoms with van der Waals surface area (Å²) in [4.78, 5) is 3.47. The average molecular weight is 559 g/mol. The second-order valence-corrected chi connectivity index (χ2v) is 12.1. The molecule has 0 unspecified atom stereocenters. The number of sulfonamides is 1. The maximum Gasteiger partial charge on any atom is 0.269 e. The molecule has 0 bridgehead atoms. The largest absolute Gasteiger partial charge is 0.497 e. The van der Waals surface area contributed by atoms with Crippen LogP contribution < -0.4 is 18.5 Å². The van der Waals surface area contributed by atoms with E-state index in [0.29, 0.717) is 17.1 Å². The molecule has 1 atom stereocenters. The third-order valence-electron chi connectivity index (χ3n) is 5.35. The summed E-state index contributed by atoms with van der Waals surface area (Å²) < 4.78 is 88.3. The van der Waals surface area contributed by atoms with E-state index >= 15 is 4.39 Å². The molecule has 10 nitrogen and oxygen atoms in total. The van der Waals surface area contributed by atoms with Gasteiger partial charge in [-0.05, 0) is 18.2 Å². The SMILES string of the molecule is COc1ccc(CN(c2nccs2)S(=O)(=O)c2cc3c(cc2F)[C@H](OS(C)(=O)=O)CCO3)c(OC)c1. The lowest BCUT2D eigenvalue weighted by atomic mass is 10.0. The topological polar surface area (TPSA) is 121 Å². The van der Waals surface area contributed by atoms with Crippen LogP contribution in [0.25, 0.3) is 0 Å². The second kappa shape index (κ2) is 10.2. The fourth-order valence-corrected chi connectivity index (χ4v) is 6.67. The van der Waals surface area contributed by atoms with Crippen molar-refractivity contribution < 1.29 is 39.6 Å².